The van der Waals surface area contributed by atoms with Gasteiger partial charge < -0.3 is 9.30 Å². The van der Waals surface area contributed by atoms with E-state index in [0.29, 0.717) is 12.5 Å². The predicted octanol–water partition coefficient (Wildman–Crippen LogP) is 3.68. The van der Waals surface area contributed by atoms with Crippen LogP contribution in [0.4, 0.5) is 0 Å². The molecule has 0 radical (unpaired) electrons. The summed E-state index contributed by atoms with van der Waals surface area (Å²) in [5.41, 5.74) is 3.40. The van der Waals surface area contributed by atoms with Crippen LogP contribution < -0.4 is 0 Å². The van der Waals surface area contributed by atoms with Crippen LogP contribution in [0, 0.1) is 0 Å². The molecule has 1 aromatic carbocycles. The normalized spacial score (nSPS) is 14.9. The Kier molecular flexibility index (Phi) is 3.24. The van der Waals surface area contributed by atoms with Gasteiger partial charge in [-0.1, -0.05) is 12.1 Å². The molecule has 2 aromatic heterocycles. The number of hydrogen-bond donors (Lipinski definition) is 0. The number of para-hydroxylation sites is 2. The number of imidazole rings is 1. The summed E-state index contributed by atoms with van der Waals surface area (Å²) in [7, 11) is 1.73. The zero-order valence-corrected chi connectivity index (χ0v) is 12.8. The Hall–Kier alpha value is -1.72. The van der Waals surface area contributed by atoms with Crippen LogP contribution in [0.25, 0.3) is 21.9 Å². The van der Waals surface area contributed by atoms with Gasteiger partial charge >= 0.3 is 0 Å². The number of fused-ring (bicyclic) bond motifs is 1. The van der Waals surface area contributed by atoms with Crippen LogP contribution in [0.1, 0.15) is 24.5 Å². The Morgan fingerprint density at radius 1 is 1.29 bits per heavy atom. The van der Waals surface area contributed by atoms with Gasteiger partial charge in [-0.25, -0.2) is 9.97 Å². The first-order valence-corrected chi connectivity index (χ1v) is 8.15. The molecule has 5 heteroatoms. The van der Waals surface area contributed by atoms with Crippen molar-refractivity contribution in [3.05, 3.63) is 35.3 Å². The lowest BCUT2D eigenvalue weighted by molar-refractivity contribution is 0.188. The average Bonchev–Trinajstić information content (AvgIpc) is 3.13. The van der Waals surface area contributed by atoms with Gasteiger partial charge in [-0.3, -0.25) is 0 Å². The number of rotatable bonds is 5. The topological polar surface area (TPSA) is 39.9 Å². The lowest BCUT2D eigenvalue weighted by Gasteiger charge is -2.06. The zero-order valence-electron chi connectivity index (χ0n) is 12.0. The minimum Gasteiger partial charge on any atom is -0.383 e. The minimum absolute atomic E-state index is 0.675. The fourth-order valence-corrected chi connectivity index (χ4v) is 3.50. The molecule has 2 heterocycles. The van der Waals surface area contributed by atoms with Crippen molar-refractivity contribution in [2.45, 2.75) is 25.3 Å². The molecule has 0 unspecified atom stereocenters. The Morgan fingerprint density at radius 2 is 2.14 bits per heavy atom. The Morgan fingerprint density at radius 3 is 2.95 bits per heavy atom. The van der Waals surface area contributed by atoms with Crippen molar-refractivity contribution >= 4 is 22.4 Å². The van der Waals surface area contributed by atoms with Gasteiger partial charge in [0.15, 0.2) is 10.8 Å². The molecule has 1 aliphatic rings. The highest BCUT2D eigenvalue weighted by molar-refractivity contribution is 7.13. The summed E-state index contributed by atoms with van der Waals surface area (Å²) >= 11 is 1.70. The van der Waals surface area contributed by atoms with Gasteiger partial charge in [0.1, 0.15) is 0 Å². The van der Waals surface area contributed by atoms with Gasteiger partial charge in [-0.15, -0.1) is 11.3 Å². The van der Waals surface area contributed by atoms with Crippen molar-refractivity contribution in [1.82, 2.24) is 14.5 Å². The number of methoxy groups -OCH3 is 1. The Balaban J connectivity index is 1.81. The fraction of sp³-hybridized carbons (Fsp3) is 0.375. The second kappa shape index (κ2) is 5.24. The smallest absolute Gasteiger partial charge is 0.170 e. The number of ether oxygens (including phenoxy) is 1. The van der Waals surface area contributed by atoms with E-state index in [0.717, 1.165) is 28.4 Å². The van der Waals surface area contributed by atoms with Crippen molar-refractivity contribution in [3.8, 4) is 10.8 Å². The molecule has 4 rings (SSSR count). The largest absolute Gasteiger partial charge is 0.383 e. The van der Waals surface area contributed by atoms with Crippen molar-refractivity contribution in [2.24, 2.45) is 0 Å². The van der Waals surface area contributed by atoms with Crippen LogP contribution in [0.15, 0.2) is 29.6 Å². The maximum Gasteiger partial charge on any atom is 0.170 e. The van der Waals surface area contributed by atoms with E-state index in [1.54, 1.807) is 18.4 Å². The minimum atomic E-state index is 0.675. The molecule has 0 amide bonds. The standard InChI is InChI=1S/C16H17N3OS/c1-20-9-8-19-14-5-3-2-4-12(14)17-15(19)16-18-13(10-21-16)11-6-7-11/h2-5,10-11H,6-9H2,1H3. The predicted molar refractivity (Wildman–Crippen MR) is 84.7 cm³/mol. The molecule has 1 saturated carbocycles. The lowest BCUT2D eigenvalue weighted by atomic mass is 10.3. The third-order valence-electron chi connectivity index (χ3n) is 3.88. The van der Waals surface area contributed by atoms with E-state index in [2.05, 4.69) is 28.1 Å². The number of nitrogens with zero attached hydrogens (tertiary/aromatic N) is 3. The Bertz CT molecular complexity index is 773. The van der Waals surface area contributed by atoms with E-state index in [1.165, 1.54) is 18.5 Å². The molecule has 0 saturated heterocycles. The first kappa shape index (κ1) is 13.0. The third kappa shape index (κ3) is 2.36. The third-order valence-corrected chi connectivity index (χ3v) is 4.74. The molecule has 1 aliphatic carbocycles. The molecule has 0 aliphatic heterocycles. The second-order valence-corrected chi connectivity index (χ2v) is 6.28. The van der Waals surface area contributed by atoms with Crippen molar-refractivity contribution < 1.29 is 4.74 Å². The number of aromatic nitrogens is 3. The second-order valence-electron chi connectivity index (χ2n) is 5.42. The van der Waals surface area contributed by atoms with Crippen LogP contribution in [0.3, 0.4) is 0 Å². The van der Waals surface area contributed by atoms with Gasteiger partial charge in [0.25, 0.3) is 0 Å². The molecule has 0 spiro atoms. The lowest BCUT2D eigenvalue weighted by Crippen LogP contribution is -2.05. The maximum atomic E-state index is 5.24. The highest BCUT2D eigenvalue weighted by Crippen LogP contribution is 2.41. The van der Waals surface area contributed by atoms with E-state index in [-0.39, 0.29) is 0 Å². The van der Waals surface area contributed by atoms with Gasteiger partial charge in [-0.2, -0.15) is 0 Å². The molecule has 0 N–H and O–H groups in total. The number of benzene rings is 1. The summed E-state index contributed by atoms with van der Waals surface area (Å²) in [5.74, 6) is 1.65. The molecular weight excluding hydrogens is 282 g/mol. The first-order chi connectivity index (χ1) is 10.4. The van der Waals surface area contributed by atoms with Gasteiger partial charge in [0.2, 0.25) is 0 Å². The molecule has 4 nitrogen and oxygen atoms in total. The molecule has 3 aromatic rings. The van der Waals surface area contributed by atoms with E-state index in [9.17, 15) is 0 Å². The number of hydrogen-bond acceptors (Lipinski definition) is 4. The summed E-state index contributed by atoms with van der Waals surface area (Å²) in [5, 5.41) is 3.21. The van der Waals surface area contributed by atoms with E-state index in [1.807, 2.05) is 6.07 Å². The maximum absolute atomic E-state index is 5.24. The van der Waals surface area contributed by atoms with Gasteiger partial charge in [0, 0.05) is 25.0 Å². The Labute approximate surface area is 127 Å². The summed E-state index contributed by atoms with van der Waals surface area (Å²) in [6, 6.07) is 8.24. The fourth-order valence-electron chi connectivity index (χ4n) is 2.60. The molecule has 1 fully saturated rings. The molecule has 21 heavy (non-hydrogen) atoms. The number of thiazole rings is 1. The average molecular weight is 299 g/mol. The highest BCUT2D eigenvalue weighted by atomic mass is 32.1. The van der Waals surface area contributed by atoms with Gasteiger partial charge in [-0.05, 0) is 25.0 Å². The summed E-state index contributed by atoms with van der Waals surface area (Å²) in [4.78, 5) is 9.59. The van der Waals surface area contributed by atoms with E-state index >= 15 is 0 Å². The van der Waals surface area contributed by atoms with Gasteiger partial charge in [0.05, 0.1) is 23.3 Å². The molecule has 108 valence electrons. The summed E-state index contributed by atoms with van der Waals surface area (Å²) in [6.45, 7) is 1.47. The van der Waals surface area contributed by atoms with Crippen LogP contribution in [0.2, 0.25) is 0 Å². The van der Waals surface area contributed by atoms with Crippen LogP contribution in [-0.2, 0) is 11.3 Å². The van der Waals surface area contributed by atoms with E-state index in [4.69, 9.17) is 14.7 Å². The summed E-state index contributed by atoms with van der Waals surface area (Å²) < 4.78 is 7.46. The summed E-state index contributed by atoms with van der Waals surface area (Å²) in [6.07, 6.45) is 2.56. The first-order valence-electron chi connectivity index (χ1n) is 7.27. The zero-order chi connectivity index (χ0) is 14.2. The molecule has 0 atom stereocenters. The highest BCUT2D eigenvalue weighted by Gasteiger charge is 2.27. The van der Waals surface area contributed by atoms with Crippen LogP contribution in [-0.4, -0.2) is 28.3 Å². The van der Waals surface area contributed by atoms with Crippen molar-refractivity contribution in [2.75, 3.05) is 13.7 Å². The molecule has 0 bridgehead atoms. The van der Waals surface area contributed by atoms with Crippen LogP contribution in [0.5, 0.6) is 0 Å². The van der Waals surface area contributed by atoms with E-state index < -0.39 is 0 Å². The van der Waals surface area contributed by atoms with Crippen molar-refractivity contribution in [1.29, 1.82) is 0 Å². The van der Waals surface area contributed by atoms with Crippen molar-refractivity contribution in [3.63, 3.8) is 0 Å². The van der Waals surface area contributed by atoms with Crippen LogP contribution >= 0.6 is 11.3 Å². The quantitative estimate of drug-likeness (QED) is 0.721. The monoisotopic (exact) mass is 299 g/mol. The molecular formula is C16H17N3OS. The SMILES string of the molecule is COCCn1c(-c2nc(C3CC3)cs2)nc2ccccc21.